The Morgan fingerprint density at radius 1 is 1.26 bits per heavy atom. The lowest BCUT2D eigenvalue weighted by molar-refractivity contribution is 0.0953. The molecule has 3 aromatic rings. The van der Waals surface area contributed by atoms with Crippen LogP contribution in [0.2, 0.25) is 0 Å². The van der Waals surface area contributed by atoms with E-state index in [4.69, 9.17) is 4.42 Å². The predicted molar refractivity (Wildman–Crippen MR) is 88.3 cm³/mol. The normalized spacial score (nSPS) is 10.5. The fourth-order valence-corrected chi connectivity index (χ4v) is 2.89. The molecule has 0 saturated heterocycles. The highest BCUT2D eigenvalue weighted by molar-refractivity contribution is 7.17. The molecule has 2 N–H and O–H groups in total. The maximum atomic E-state index is 12.3. The average molecular weight is 328 g/mol. The number of amides is 1. The second-order valence-corrected chi connectivity index (χ2v) is 5.87. The number of carbonyl (C=O) groups is 1. The number of nitrogens with zero attached hydrogens (tertiary/aromatic N) is 2. The van der Waals surface area contributed by atoms with Gasteiger partial charge < -0.3 is 15.1 Å². The van der Waals surface area contributed by atoms with Gasteiger partial charge in [-0.15, -0.1) is 0 Å². The highest BCUT2D eigenvalue weighted by atomic mass is 32.1. The van der Waals surface area contributed by atoms with E-state index in [2.05, 4.69) is 20.6 Å². The highest BCUT2D eigenvalue weighted by Crippen LogP contribution is 2.23. The molecule has 3 heterocycles. The third-order valence-electron chi connectivity index (χ3n) is 3.15. The molecule has 0 spiro atoms. The Labute approximate surface area is 137 Å². The Morgan fingerprint density at radius 2 is 2.17 bits per heavy atom. The SMILES string of the molecule is Cc1nc(NCc2ccco2)sc1C(=O)NCc1ccccn1. The summed E-state index contributed by atoms with van der Waals surface area (Å²) in [5.74, 6) is 0.677. The van der Waals surface area contributed by atoms with Crippen molar-refractivity contribution in [2.75, 3.05) is 5.32 Å². The molecule has 3 rings (SSSR count). The summed E-state index contributed by atoms with van der Waals surface area (Å²) < 4.78 is 5.26. The topological polar surface area (TPSA) is 80.0 Å². The quantitative estimate of drug-likeness (QED) is 0.727. The van der Waals surface area contributed by atoms with Crippen molar-refractivity contribution in [2.24, 2.45) is 0 Å². The Morgan fingerprint density at radius 3 is 2.91 bits per heavy atom. The molecule has 7 heteroatoms. The second kappa shape index (κ2) is 7.06. The third kappa shape index (κ3) is 3.95. The first-order valence-corrected chi connectivity index (χ1v) is 7.96. The Hall–Kier alpha value is -2.67. The van der Waals surface area contributed by atoms with Gasteiger partial charge in [0.25, 0.3) is 5.91 Å². The van der Waals surface area contributed by atoms with Crippen molar-refractivity contribution in [1.82, 2.24) is 15.3 Å². The third-order valence-corrected chi connectivity index (χ3v) is 4.27. The number of rotatable bonds is 6. The highest BCUT2D eigenvalue weighted by Gasteiger charge is 2.15. The van der Waals surface area contributed by atoms with E-state index in [1.54, 1.807) is 12.5 Å². The lowest BCUT2D eigenvalue weighted by Gasteiger charge is -2.03. The molecule has 1 amide bonds. The van der Waals surface area contributed by atoms with E-state index >= 15 is 0 Å². The summed E-state index contributed by atoms with van der Waals surface area (Å²) >= 11 is 1.33. The van der Waals surface area contributed by atoms with Gasteiger partial charge in [-0.05, 0) is 31.2 Å². The first-order chi connectivity index (χ1) is 11.2. The van der Waals surface area contributed by atoms with Crippen molar-refractivity contribution in [2.45, 2.75) is 20.0 Å². The molecule has 0 aliphatic rings. The number of carbonyl (C=O) groups excluding carboxylic acids is 1. The van der Waals surface area contributed by atoms with Gasteiger partial charge in [-0.2, -0.15) is 0 Å². The maximum Gasteiger partial charge on any atom is 0.263 e. The van der Waals surface area contributed by atoms with Crippen molar-refractivity contribution in [1.29, 1.82) is 0 Å². The van der Waals surface area contributed by atoms with Gasteiger partial charge in [0.05, 0.1) is 30.7 Å². The summed E-state index contributed by atoms with van der Waals surface area (Å²) in [5, 5.41) is 6.72. The Bertz CT molecular complexity index is 769. The Balaban J connectivity index is 1.59. The Kier molecular flexibility index (Phi) is 4.68. The van der Waals surface area contributed by atoms with Crippen LogP contribution in [0.5, 0.6) is 0 Å². The summed E-state index contributed by atoms with van der Waals surface area (Å²) in [6.07, 6.45) is 3.33. The van der Waals surface area contributed by atoms with Gasteiger partial charge in [-0.25, -0.2) is 4.98 Å². The first kappa shape index (κ1) is 15.2. The van der Waals surface area contributed by atoms with Crippen LogP contribution in [0.3, 0.4) is 0 Å². The zero-order valence-electron chi connectivity index (χ0n) is 12.6. The van der Waals surface area contributed by atoms with Gasteiger partial charge >= 0.3 is 0 Å². The minimum absolute atomic E-state index is 0.142. The minimum Gasteiger partial charge on any atom is -0.467 e. The molecule has 0 radical (unpaired) electrons. The standard InChI is InChI=1S/C16H16N4O2S/c1-11-14(15(21)18-9-12-5-2-3-7-17-12)23-16(20-11)19-10-13-6-4-8-22-13/h2-8H,9-10H2,1H3,(H,18,21)(H,19,20). The molecular weight excluding hydrogens is 312 g/mol. The largest absolute Gasteiger partial charge is 0.467 e. The molecule has 0 bridgehead atoms. The lowest BCUT2D eigenvalue weighted by atomic mass is 10.3. The van der Waals surface area contributed by atoms with Gasteiger partial charge in [-0.3, -0.25) is 9.78 Å². The zero-order chi connectivity index (χ0) is 16.1. The van der Waals surface area contributed by atoms with Crippen LogP contribution in [-0.2, 0) is 13.1 Å². The number of aryl methyl sites for hydroxylation is 1. The van der Waals surface area contributed by atoms with Gasteiger partial charge in [0.1, 0.15) is 10.6 Å². The van der Waals surface area contributed by atoms with Gasteiger partial charge in [0.15, 0.2) is 5.13 Å². The van der Waals surface area contributed by atoms with E-state index in [0.717, 1.165) is 11.5 Å². The zero-order valence-corrected chi connectivity index (χ0v) is 13.4. The van der Waals surface area contributed by atoms with Crippen LogP contribution < -0.4 is 10.6 Å². The monoisotopic (exact) mass is 328 g/mol. The molecule has 0 saturated carbocycles. The fourth-order valence-electron chi connectivity index (χ4n) is 2.01. The van der Waals surface area contributed by atoms with Crippen molar-refractivity contribution in [3.63, 3.8) is 0 Å². The summed E-state index contributed by atoms with van der Waals surface area (Å²) in [5.41, 5.74) is 1.52. The number of thiazole rings is 1. The molecule has 118 valence electrons. The number of furan rings is 1. The van der Waals surface area contributed by atoms with Crippen LogP contribution in [0.15, 0.2) is 47.2 Å². The smallest absolute Gasteiger partial charge is 0.263 e. The van der Waals surface area contributed by atoms with Crippen molar-refractivity contribution in [3.8, 4) is 0 Å². The predicted octanol–water partition coefficient (Wildman–Crippen LogP) is 2.98. The molecule has 0 unspecified atom stereocenters. The molecular formula is C16H16N4O2S. The van der Waals surface area contributed by atoms with Crippen LogP contribution >= 0.6 is 11.3 Å². The van der Waals surface area contributed by atoms with Gasteiger partial charge in [0, 0.05) is 6.20 Å². The number of hydrogen-bond donors (Lipinski definition) is 2. The van der Waals surface area contributed by atoms with E-state index in [9.17, 15) is 4.79 Å². The van der Waals surface area contributed by atoms with E-state index in [1.165, 1.54) is 11.3 Å². The van der Waals surface area contributed by atoms with E-state index < -0.39 is 0 Å². The van der Waals surface area contributed by atoms with Crippen LogP contribution in [-0.4, -0.2) is 15.9 Å². The van der Waals surface area contributed by atoms with Gasteiger partial charge in [0.2, 0.25) is 0 Å². The number of anilines is 1. The molecule has 23 heavy (non-hydrogen) atoms. The number of aromatic nitrogens is 2. The number of nitrogens with one attached hydrogen (secondary N) is 2. The first-order valence-electron chi connectivity index (χ1n) is 7.14. The summed E-state index contributed by atoms with van der Waals surface area (Å²) in [4.78, 5) is 21.4. The van der Waals surface area contributed by atoms with Crippen LogP contribution in [0.25, 0.3) is 0 Å². The molecule has 0 aliphatic carbocycles. The van der Waals surface area contributed by atoms with Crippen LogP contribution in [0, 0.1) is 6.92 Å². The van der Waals surface area contributed by atoms with Gasteiger partial charge in [-0.1, -0.05) is 17.4 Å². The molecule has 0 atom stereocenters. The summed E-state index contributed by atoms with van der Waals surface area (Å²) in [7, 11) is 0. The van der Waals surface area contributed by atoms with Crippen LogP contribution in [0.1, 0.15) is 26.8 Å². The molecule has 6 nitrogen and oxygen atoms in total. The van der Waals surface area contributed by atoms with E-state index in [-0.39, 0.29) is 5.91 Å². The molecule has 3 aromatic heterocycles. The molecule has 0 aliphatic heterocycles. The number of hydrogen-bond acceptors (Lipinski definition) is 6. The number of pyridine rings is 1. The summed E-state index contributed by atoms with van der Waals surface area (Å²) in [6, 6.07) is 9.32. The lowest BCUT2D eigenvalue weighted by Crippen LogP contribution is -2.23. The maximum absolute atomic E-state index is 12.3. The van der Waals surface area contributed by atoms with E-state index in [0.29, 0.717) is 28.8 Å². The fraction of sp³-hybridized carbons (Fsp3) is 0.188. The van der Waals surface area contributed by atoms with Crippen molar-refractivity contribution >= 4 is 22.4 Å². The molecule has 0 aromatic carbocycles. The minimum atomic E-state index is -0.142. The second-order valence-electron chi connectivity index (χ2n) is 4.87. The van der Waals surface area contributed by atoms with Crippen molar-refractivity contribution < 1.29 is 9.21 Å². The van der Waals surface area contributed by atoms with E-state index in [1.807, 2.05) is 37.3 Å². The molecule has 0 fully saturated rings. The average Bonchev–Trinajstić information content (AvgIpc) is 3.21. The van der Waals surface area contributed by atoms with Crippen LogP contribution in [0.4, 0.5) is 5.13 Å². The summed E-state index contributed by atoms with van der Waals surface area (Å²) in [6.45, 7) is 2.76. The van der Waals surface area contributed by atoms with Crippen molar-refractivity contribution in [3.05, 3.63) is 64.8 Å².